The normalized spacial score (nSPS) is 16.5. The molecule has 1 aromatic carbocycles. The van der Waals surface area contributed by atoms with Crippen molar-refractivity contribution in [2.45, 2.75) is 0 Å². The summed E-state index contributed by atoms with van der Waals surface area (Å²) in [5.74, 6) is -1.08. The van der Waals surface area contributed by atoms with Gasteiger partial charge >= 0.3 is 0 Å². The maximum absolute atomic E-state index is 12.5. The van der Waals surface area contributed by atoms with Crippen molar-refractivity contribution in [3.63, 3.8) is 0 Å². The van der Waals surface area contributed by atoms with Crippen molar-refractivity contribution < 1.29 is 19.1 Å². The van der Waals surface area contributed by atoms with Gasteiger partial charge in [-0.15, -0.1) is 0 Å². The average molecular weight is 330 g/mol. The minimum absolute atomic E-state index is 0.0124. The van der Waals surface area contributed by atoms with Crippen molar-refractivity contribution in [1.82, 2.24) is 0 Å². The molecule has 2 heterocycles. The van der Waals surface area contributed by atoms with Gasteiger partial charge in [-0.1, -0.05) is 36.1 Å². The Morgan fingerprint density at radius 1 is 1.32 bits per heavy atom. The molecule has 5 nitrogen and oxygen atoms in total. The fourth-order valence-corrected chi connectivity index (χ4v) is 3.24. The highest BCUT2D eigenvalue weighted by Crippen LogP contribution is 2.36. The summed E-state index contributed by atoms with van der Waals surface area (Å²) in [5, 5.41) is 10.9. The predicted molar refractivity (Wildman–Crippen MR) is 85.1 cm³/mol. The number of nitrogens with zero attached hydrogens (tertiary/aromatic N) is 1. The van der Waals surface area contributed by atoms with Gasteiger partial charge in [0, 0.05) is 6.08 Å². The molecule has 110 valence electrons. The number of carboxylic acids is 1. The van der Waals surface area contributed by atoms with Crippen molar-refractivity contribution in [2.75, 3.05) is 4.90 Å². The van der Waals surface area contributed by atoms with Gasteiger partial charge in [0.25, 0.3) is 5.91 Å². The van der Waals surface area contributed by atoms with E-state index in [0.717, 1.165) is 11.8 Å². The molecule has 0 spiro atoms. The van der Waals surface area contributed by atoms with E-state index in [1.165, 1.54) is 29.4 Å². The summed E-state index contributed by atoms with van der Waals surface area (Å²) < 4.78 is 5.51. The molecule has 1 fully saturated rings. The number of benzene rings is 1. The monoisotopic (exact) mass is 330 g/mol. The molecule has 1 amide bonds. The number of carbonyl (C=O) groups excluding carboxylic acids is 2. The fraction of sp³-hybridized carbons (Fsp3) is 0. The topological polar surface area (TPSA) is 73.6 Å². The van der Waals surface area contributed by atoms with Crippen LogP contribution >= 0.6 is 24.0 Å². The highest BCUT2D eigenvalue weighted by atomic mass is 32.2. The summed E-state index contributed by atoms with van der Waals surface area (Å²) in [6, 6.07) is 9.35. The van der Waals surface area contributed by atoms with E-state index in [0.29, 0.717) is 20.7 Å². The molecule has 0 atom stereocenters. The number of rotatable bonds is 3. The number of aromatic carboxylic acids is 1. The Morgan fingerprint density at radius 2 is 2.14 bits per heavy atom. The number of thioether (sulfide) groups is 1. The summed E-state index contributed by atoms with van der Waals surface area (Å²) >= 11 is 6.35. The van der Waals surface area contributed by atoms with Crippen LogP contribution in [0.4, 0.5) is 5.69 Å². The Hall–Kier alpha value is -2.38. The molecule has 22 heavy (non-hydrogen) atoms. The lowest BCUT2D eigenvalue weighted by molar-refractivity contribution is -0.255. The number of furan rings is 1. The first kappa shape index (κ1) is 14.6. The number of thiocarbonyl (C=S) groups is 1. The van der Waals surface area contributed by atoms with Crippen LogP contribution in [0, 0.1) is 0 Å². The Labute approximate surface area is 135 Å². The first-order chi connectivity index (χ1) is 10.6. The molecule has 1 aromatic heterocycles. The zero-order valence-electron chi connectivity index (χ0n) is 11.0. The second kappa shape index (κ2) is 5.78. The van der Waals surface area contributed by atoms with E-state index in [4.69, 9.17) is 16.6 Å². The average Bonchev–Trinajstić information content (AvgIpc) is 3.08. The summed E-state index contributed by atoms with van der Waals surface area (Å²) in [5.41, 5.74) is 0.383. The SMILES string of the molecule is O=C([O-])c1cccc(N2C(=O)/C(=C\c3ccco3)SC2=S)c1. The van der Waals surface area contributed by atoms with E-state index in [1.807, 2.05) is 0 Å². The van der Waals surface area contributed by atoms with Crippen molar-refractivity contribution in [1.29, 1.82) is 0 Å². The van der Waals surface area contributed by atoms with Crippen LogP contribution in [0.5, 0.6) is 0 Å². The van der Waals surface area contributed by atoms with E-state index < -0.39 is 5.97 Å². The van der Waals surface area contributed by atoms with E-state index in [9.17, 15) is 14.7 Å². The third kappa shape index (κ3) is 2.68. The third-order valence-electron chi connectivity index (χ3n) is 2.95. The van der Waals surface area contributed by atoms with Crippen LogP contribution in [0.3, 0.4) is 0 Å². The first-order valence-electron chi connectivity index (χ1n) is 6.19. The number of hydrogen-bond acceptors (Lipinski definition) is 6. The third-order valence-corrected chi connectivity index (χ3v) is 4.25. The standard InChI is InChI=1S/C15H9NO4S2/c17-13-12(8-11-5-2-6-20-11)22-15(21)16(13)10-4-1-3-9(7-10)14(18)19/h1-8H,(H,18,19)/p-1/b12-8+. The highest BCUT2D eigenvalue weighted by molar-refractivity contribution is 8.27. The zero-order chi connectivity index (χ0) is 15.7. The van der Waals surface area contributed by atoms with Crippen molar-refractivity contribution in [2.24, 2.45) is 0 Å². The van der Waals surface area contributed by atoms with Gasteiger partial charge in [0.1, 0.15) is 5.76 Å². The number of anilines is 1. The van der Waals surface area contributed by atoms with Crippen LogP contribution in [-0.2, 0) is 4.79 Å². The highest BCUT2D eigenvalue weighted by Gasteiger charge is 2.33. The van der Waals surface area contributed by atoms with Gasteiger partial charge in [0.15, 0.2) is 4.32 Å². The lowest BCUT2D eigenvalue weighted by Crippen LogP contribution is -2.28. The molecule has 1 aliphatic heterocycles. The van der Waals surface area contributed by atoms with E-state index in [1.54, 1.807) is 24.3 Å². The molecular weight excluding hydrogens is 322 g/mol. The van der Waals surface area contributed by atoms with Crippen LogP contribution in [0.25, 0.3) is 6.08 Å². The van der Waals surface area contributed by atoms with E-state index >= 15 is 0 Å². The van der Waals surface area contributed by atoms with Crippen molar-refractivity contribution >= 4 is 51.9 Å². The van der Waals surface area contributed by atoms with Gasteiger partial charge in [-0.3, -0.25) is 9.69 Å². The molecule has 0 aliphatic carbocycles. The Kier molecular flexibility index (Phi) is 3.82. The zero-order valence-corrected chi connectivity index (χ0v) is 12.6. The molecule has 3 rings (SSSR count). The molecule has 0 radical (unpaired) electrons. The number of hydrogen-bond donors (Lipinski definition) is 0. The van der Waals surface area contributed by atoms with Crippen molar-refractivity contribution in [3.8, 4) is 0 Å². The van der Waals surface area contributed by atoms with Crippen LogP contribution < -0.4 is 10.0 Å². The summed E-state index contributed by atoms with van der Waals surface area (Å²) in [4.78, 5) is 25.1. The molecule has 1 saturated heterocycles. The Morgan fingerprint density at radius 3 is 2.82 bits per heavy atom. The van der Waals surface area contributed by atoms with Crippen LogP contribution in [0.1, 0.15) is 16.1 Å². The minimum atomic E-state index is -1.31. The van der Waals surface area contributed by atoms with Crippen molar-refractivity contribution in [3.05, 3.63) is 58.9 Å². The van der Waals surface area contributed by atoms with Gasteiger partial charge in [-0.2, -0.15) is 0 Å². The fourth-order valence-electron chi connectivity index (χ4n) is 1.96. The lowest BCUT2D eigenvalue weighted by atomic mass is 10.2. The van der Waals surface area contributed by atoms with Gasteiger partial charge in [0.2, 0.25) is 0 Å². The maximum atomic E-state index is 12.5. The van der Waals surface area contributed by atoms with Gasteiger partial charge < -0.3 is 14.3 Å². The van der Waals surface area contributed by atoms with E-state index in [2.05, 4.69) is 0 Å². The summed E-state index contributed by atoms with van der Waals surface area (Å²) in [6.07, 6.45) is 3.11. The molecule has 2 aromatic rings. The van der Waals surface area contributed by atoms with Gasteiger partial charge in [-0.25, -0.2) is 0 Å². The van der Waals surface area contributed by atoms with Crippen LogP contribution in [0.2, 0.25) is 0 Å². The predicted octanol–water partition coefficient (Wildman–Crippen LogP) is 2.05. The Balaban J connectivity index is 1.95. The smallest absolute Gasteiger partial charge is 0.270 e. The maximum Gasteiger partial charge on any atom is 0.270 e. The van der Waals surface area contributed by atoms with Gasteiger partial charge in [-0.05, 0) is 29.8 Å². The second-order valence-electron chi connectivity index (χ2n) is 4.37. The second-order valence-corrected chi connectivity index (χ2v) is 6.05. The Bertz CT molecular complexity index is 796. The van der Waals surface area contributed by atoms with E-state index in [-0.39, 0.29) is 11.5 Å². The van der Waals surface area contributed by atoms with Crippen LogP contribution in [-0.4, -0.2) is 16.2 Å². The quantitative estimate of drug-likeness (QED) is 0.633. The summed E-state index contributed by atoms with van der Waals surface area (Å²) in [6.45, 7) is 0. The van der Waals surface area contributed by atoms with Crippen LogP contribution in [0.15, 0.2) is 52.0 Å². The molecule has 0 unspecified atom stereocenters. The first-order valence-corrected chi connectivity index (χ1v) is 7.41. The molecule has 0 N–H and O–H groups in total. The molecule has 0 saturated carbocycles. The minimum Gasteiger partial charge on any atom is -0.545 e. The molecule has 0 bridgehead atoms. The molecule has 7 heteroatoms. The largest absolute Gasteiger partial charge is 0.545 e. The molecule has 1 aliphatic rings. The number of amides is 1. The number of carboxylic acid groups (broad SMARTS) is 1. The van der Waals surface area contributed by atoms with Gasteiger partial charge in [0.05, 0.1) is 22.8 Å². The number of carbonyl (C=O) groups is 2. The summed E-state index contributed by atoms with van der Waals surface area (Å²) in [7, 11) is 0. The lowest BCUT2D eigenvalue weighted by Gasteiger charge is -2.15. The molecular formula is C15H8NO4S2-.